The van der Waals surface area contributed by atoms with Gasteiger partial charge in [0.15, 0.2) is 0 Å². The van der Waals surface area contributed by atoms with E-state index in [9.17, 15) is 0 Å². The minimum atomic E-state index is 0.430. The Kier molecular flexibility index (Phi) is 5.11. The van der Waals surface area contributed by atoms with Crippen molar-refractivity contribution in [1.29, 1.82) is 0 Å². The molecule has 0 spiro atoms. The molecule has 1 saturated heterocycles. The molecule has 5 rings (SSSR count). The summed E-state index contributed by atoms with van der Waals surface area (Å²) in [6.45, 7) is 21.2. The molecule has 1 aliphatic heterocycles. The zero-order valence-corrected chi connectivity index (χ0v) is 22.3. The Labute approximate surface area is 198 Å². The van der Waals surface area contributed by atoms with Crippen LogP contribution >= 0.6 is 0 Å². The summed E-state index contributed by atoms with van der Waals surface area (Å²) in [5.41, 5.74) is 10.4. The average molecular weight is 437 g/mol. The quantitative estimate of drug-likeness (QED) is 0.311. The molecular formula is C31H48O. The predicted molar refractivity (Wildman–Crippen MR) is 134 cm³/mol. The van der Waals surface area contributed by atoms with Gasteiger partial charge in [-0.2, -0.15) is 0 Å². The Hall–Kier alpha value is -0.780. The van der Waals surface area contributed by atoms with Crippen LogP contribution in [0.5, 0.6) is 0 Å². The van der Waals surface area contributed by atoms with Crippen molar-refractivity contribution in [2.75, 3.05) is 6.61 Å². The van der Waals surface area contributed by atoms with E-state index < -0.39 is 0 Å². The molecule has 5 fully saturated rings. The van der Waals surface area contributed by atoms with Gasteiger partial charge >= 0.3 is 0 Å². The fourth-order valence-electron chi connectivity index (χ4n) is 10.4. The highest BCUT2D eigenvalue weighted by Crippen LogP contribution is 2.80. The van der Waals surface area contributed by atoms with Crippen LogP contribution in [0.3, 0.4) is 0 Å². The monoisotopic (exact) mass is 436 g/mol. The molecule has 1 heteroatoms. The van der Waals surface area contributed by atoms with Crippen LogP contribution in [0.25, 0.3) is 0 Å². The Morgan fingerprint density at radius 2 is 1.59 bits per heavy atom. The van der Waals surface area contributed by atoms with E-state index in [0.29, 0.717) is 33.2 Å². The van der Waals surface area contributed by atoms with Gasteiger partial charge in [0, 0.05) is 5.41 Å². The molecule has 0 aromatic heterocycles. The Morgan fingerprint density at radius 1 is 0.906 bits per heavy atom. The molecule has 32 heavy (non-hydrogen) atoms. The van der Waals surface area contributed by atoms with Crippen LogP contribution in [0.15, 0.2) is 28.5 Å². The van der Waals surface area contributed by atoms with E-state index in [-0.39, 0.29) is 0 Å². The van der Waals surface area contributed by atoms with Crippen molar-refractivity contribution in [1.82, 2.24) is 0 Å². The number of fused-ring (bicyclic) bond motifs is 7. The van der Waals surface area contributed by atoms with Gasteiger partial charge in [-0.05, 0) is 124 Å². The van der Waals surface area contributed by atoms with Crippen LogP contribution < -0.4 is 0 Å². The molecule has 8 atom stereocenters. The topological polar surface area (TPSA) is 9.23 Å². The van der Waals surface area contributed by atoms with Crippen molar-refractivity contribution in [2.45, 2.75) is 119 Å². The number of ether oxygens (including phenoxy) is 1. The van der Waals surface area contributed by atoms with Crippen molar-refractivity contribution in [3.63, 3.8) is 0 Å². The van der Waals surface area contributed by atoms with Crippen molar-refractivity contribution < 1.29 is 4.74 Å². The van der Waals surface area contributed by atoms with Crippen LogP contribution in [-0.2, 0) is 4.74 Å². The highest BCUT2D eigenvalue weighted by Gasteiger charge is 2.74. The van der Waals surface area contributed by atoms with Crippen LogP contribution in [0.4, 0.5) is 0 Å². The van der Waals surface area contributed by atoms with E-state index in [4.69, 9.17) is 4.74 Å². The van der Waals surface area contributed by atoms with E-state index in [0.717, 1.165) is 24.9 Å². The Bertz CT molecular complexity index is 899. The van der Waals surface area contributed by atoms with Gasteiger partial charge in [0.2, 0.25) is 0 Å². The normalized spacial score (nSPS) is 53.1. The van der Waals surface area contributed by atoms with Gasteiger partial charge in [-0.25, -0.2) is 0 Å². The average Bonchev–Trinajstić information content (AvgIpc) is 3.07. The summed E-state index contributed by atoms with van der Waals surface area (Å²) in [5.74, 6) is 1.63. The largest absolute Gasteiger partial charge is 0.377 e. The molecule has 0 aromatic rings. The summed E-state index contributed by atoms with van der Waals surface area (Å²) in [7, 11) is 0. The van der Waals surface area contributed by atoms with Crippen molar-refractivity contribution in [3.8, 4) is 0 Å². The third-order valence-electron chi connectivity index (χ3n) is 12.9. The molecule has 0 aromatic carbocycles. The van der Waals surface area contributed by atoms with Crippen molar-refractivity contribution in [3.05, 3.63) is 28.5 Å². The van der Waals surface area contributed by atoms with E-state index in [1.54, 1.807) is 5.57 Å². The summed E-state index contributed by atoms with van der Waals surface area (Å²) in [6, 6.07) is 0. The lowest BCUT2D eigenvalue weighted by Gasteiger charge is -2.76. The van der Waals surface area contributed by atoms with Gasteiger partial charge in [0.05, 0.1) is 12.7 Å². The minimum absolute atomic E-state index is 0.430. The first-order valence-corrected chi connectivity index (χ1v) is 13.6. The van der Waals surface area contributed by atoms with E-state index >= 15 is 0 Å². The van der Waals surface area contributed by atoms with Crippen molar-refractivity contribution >= 4 is 0 Å². The lowest BCUT2D eigenvalue weighted by Crippen LogP contribution is -2.71. The van der Waals surface area contributed by atoms with E-state index in [2.05, 4.69) is 67.2 Å². The molecule has 4 aliphatic carbocycles. The molecule has 0 amide bonds. The summed E-state index contributed by atoms with van der Waals surface area (Å²) in [5, 5.41) is 0. The number of rotatable bonds is 2. The van der Waals surface area contributed by atoms with Crippen LogP contribution in [-0.4, -0.2) is 12.7 Å². The number of hydrogen-bond acceptors (Lipinski definition) is 1. The number of hydrogen-bond donors (Lipinski definition) is 0. The summed E-state index contributed by atoms with van der Waals surface area (Å²) >= 11 is 0. The fourth-order valence-corrected chi connectivity index (χ4v) is 10.4. The maximum absolute atomic E-state index is 6.09. The molecular weight excluding hydrogens is 388 g/mol. The molecule has 0 N–H and O–H groups in total. The summed E-state index contributed by atoms with van der Waals surface area (Å²) in [6.07, 6.45) is 14.9. The zero-order chi connectivity index (χ0) is 23.2. The van der Waals surface area contributed by atoms with E-state index in [1.165, 1.54) is 56.9 Å². The first-order valence-electron chi connectivity index (χ1n) is 13.6. The highest BCUT2D eigenvalue weighted by molar-refractivity contribution is 5.31. The molecule has 178 valence electrons. The zero-order valence-electron chi connectivity index (χ0n) is 22.3. The first kappa shape index (κ1) is 23.0. The standard InChI is InChI=1S/C31H48O/c1-21(2)10-9-11-22(3)23-12-16-28(5)24(23)13-18-31(8)29(6)17-15-26-27(4,20-32-26)25(29)14-19-30(28,31)7/h9,24-26H,11-20H2,1-8H3/b23-22-/t24-,25?,26-,27+,28-,29-,30+,31-/m0/s1. The van der Waals surface area contributed by atoms with Gasteiger partial charge < -0.3 is 4.74 Å². The molecule has 4 saturated carbocycles. The van der Waals surface area contributed by atoms with Crippen LogP contribution in [0.1, 0.15) is 113 Å². The predicted octanol–water partition coefficient (Wildman–Crippen LogP) is 8.65. The lowest BCUT2D eigenvalue weighted by atomic mass is 9.30. The van der Waals surface area contributed by atoms with Crippen LogP contribution in [0, 0.1) is 38.9 Å². The lowest BCUT2D eigenvalue weighted by molar-refractivity contribution is -0.317. The van der Waals surface area contributed by atoms with E-state index in [1.807, 2.05) is 5.57 Å². The molecule has 0 radical (unpaired) electrons. The first-order chi connectivity index (χ1) is 14.9. The maximum atomic E-state index is 6.09. The Balaban J connectivity index is 1.51. The molecule has 1 unspecified atom stereocenters. The molecule has 1 nitrogen and oxygen atoms in total. The molecule has 1 heterocycles. The molecule has 0 bridgehead atoms. The van der Waals surface area contributed by atoms with Crippen molar-refractivity contribution in [2.24, 2.45) is 38.9 Å². The van der Waals surface area contributed by atoms with Gasteiger partial charge in [0.1, 0.15) is 0 Å². The fraction of sp³-hybridized carbons (Fsp3) is 0.839. The third kappa shape index (κ3) is 2.62. The van der Waals surface area contributed by atoms with Crippen LogP contribution in [0.2, 0.25) is 0 Å². The summed E-state index contributed by atoms with van der Waals surface area (Å²) < 4.78 is 6.09. The number of allylic oxidation sites excluding steroid dienone is 3. The van der Waals surface area contributed by atoms with Gasteiger partial charge in [-0.1, -0.05) is 45.8 Å². The summed E-state index contributed by atoms with van der Waals surface area (Å²) in [4.78, 5) is 0. The second kappa shape index (κ2) is 7.11. The second-order valence-corrected chi connectivity index (χ2v) is 13.9. The molecule has 5 aliphatic rings. The second-order valence-electron chi connectivity index (χ2n) is 13.9. The maximum Gasteiger partial charge on any atom is 0.0654 e. The SMILES string of the molecule is CC(C)=C=CC/C(C)=C1/CC[C@@]2(C)[C@H]1CC[C@]1(C)[C@]2(C)CCC2[C@]1(C)CC[C@@H]1OC[C@]21C. The van der Waals surface area contributed by atoms with Gasteiger partial charge in [-0.15, -0.1) is 5.73 Å². The highest BCUT2D eigenvalue weighted by atomic mass is 16.5. The Morgan fingerprint density at radius 3 is 2.25 bits per heavy atom. The smallest absolute Gasteiger partial charge is 0.0654 e. The minimum Gasteiger partial charge on any atom is -0.377 e. The van der Waals surface area contributed by atoms with Gasteiger partial charge in [0.25, 0.3) is 0 Å². The van der Waals surface area contributed by atoms with Gasteiger partial charge in [-0.3, -0.25) is 0 Å². The third-order valence-corrected chi connectivity index (χ3v) is 12.9.